The van der Waals surface area contributed by atoms with E-state index in [2.05, 4.69) is 65.8 Å². The molecule has 0 N–H and O–H groups in total. The van der Waals surface area contributed by atoms with Crippen molar-refractivity contribution >= 4 is 27.7 Å². The van der Waals surface area contributed by atoms with E-state index in [0.29, 0.717) is 4.83 Å². The number of hydrogen-bond donors (Lipinski definition) is 0. The molecular formula is C13H17BrS. The fourth-order valence-corrected chi connectivity index (χ4v) is 3.69. The van der Waals surface area contributed by atoms with E-state index in [1.165, 1.54) is 17.7 Å². The molecule has 1 aromatic rings. The maximum atomic E-state index is 3.67. The fraction of sp³-hybridized carbons (Fsp3) is 0.538. The topological polar surface area (TPSA) is 0 Å². The van der Waals surface area contributed by atoms with E-state index >= 15 is 0 Å². The van der Waals surface area contributed by atoms with Crippen LogP contribution in [0.2, 0.25) is 0 Å². The second kappa shape index (κ2) is 4.92. The molecule has 2 rings (SSSR count). The van der Waals surface area contributed by atoms with Gasteiger partial charge in [-0.2, -0.15) is 0 Å². The van der Waals surface area contributed by atoms with Crippen molar-refractivity contribution in [3.8, 4) is 0 Å². The Balaban J connectivity index is 1.96. The average molecular weight is 285 g/mol. The molecule has 0 aliphatic carbocycles. The normalized spacial score (nSPS) is 23.5. The predicted octanol–water partition coefficient (Wildman–Crippen LogP) is 4.51. The van der Waals surface area contributed by atoms with Crippen molar-refractivity contribution in [2.45, 2.75) is 41.7 Å². The third kappa shape index (κ3) is 2.79. The highest BCUT2D eigenvalue weighted by atomic mass is 79.9. The van der Waals surface area contributed by atoms with Crippen LogP contribution in [0.15, 0.2) is 29.2 Å². The Morgan fingerprint density at radius 2 is 2.13 bits per heavy atom. The minimum absolute atomic E-state index is 0.627. The fourth-order valence-electron chi connectivity index (χ4n) is 1.99. The maximum Gasteiger partial charge on any atom is 0.0143 e. The largest absolute Gasteiger partial charge is 0.122 e. The van der Waals surface area contributed by atoms with Crippen molar-refractivity contribution in [2.24, 2.45) is 5.92 Å². The molecule has 82 valence electrons. The Morgan fingerprint density at radius 3 is 2.80 bits per heavy atom. The van der Waals surface area contributed by atoms with Gasteiger partial charge >= 0.3 is 0 Å². The minimum Gasteiger partial charge on any atom is -0.122 e. The first kappa shape index (κ1) is 11.5. The lowest BCUT2D eigenvalue weighted by Crippen LogP contribution is -2.13. The van der Waals surface area contributed by atoms with E-state index in [1.807, 2.05) is 0 Å². The van der Waals surface area contributed by atoms with Crippen molar-refractivity contribution in [2.75, 3.05) is 0 Å². The van der Waals surface area contributed by atoms with Gasteiger partial charge in [0.1, 0.15) is 0 Å². The molecule has 0 amide bonds. The lowest BCUT2D eigenvalue weighted by molar-refractivity contribution is 0.522. The molecule has 1 heterocycles. The first-order valence-corrected chi connectivity index (χ1v) is 7.35. The quantitative estimate of drug-likeness (QED) is 0.736. The molecule has 1 aromatic carbocycles. The molecule has 1 aliphatic rings. The third-order valence-electron chi connectivity index (χ3n) is 3.13. The van der Waals surface area contributed by atoms with Crippen LogP contribution in [0.4, 0.5) is 0 Å². The summed E-state index contributed by atoms with van der Waals surface area (Å²) < 4.78 is 0. The Morgan fingerprint density at radius 1 is 1.40 bits per heavy atom. The molecule has 0 nitrogen and oxygen atoms in total. The summed E-state index contributed by atoms with van der Waals surface area (Å²) in [7, 11) is 0. The van der Waals surface area contributed by atoms with Crippen molar-refractivity contribution in [3.63, 3.8) is 0 Å². The molecule has 15 heavy (non-hydrogen) atoms. The van der Waals surface area contributed by atoms with Crippen molar-refractivity contribution in [3.05, 3.63) is 29.8 Å². The van der Waals surface area contributed by atoms with Gasteiger partial charge in [-0.05, 0) is 30.4 Å². The summed E-state index contributed by atoms with van der Waals surface area (Å²) in [6.45, 7) is 4.58. The molecule has 2 heteroatoms. The Labute approximate surface area is 105 Å². The molecule has 0 spiro atoms. The predicted molar refractivity (Wildman–Crippen MR) is 72.0 cm³/mol. The van der Waals surface area contributed by atoms with Crippen molar-refractivity contribution < 1.29 is 0 Å². The minimum atomic E-state index is 0.627. The molecule has 0 fully saturated rings. The van der Waals surface area contributed by atoms with E-state index in [4.69, 9.17) is 0 Å². The summed E-state index contributed by atoms with van der Waals surface area (Å²) in [5, 5.41) is 0.789. The summed E-state index contributed by atoms with van der Waals surface area (Å²) in [4.78, 5) is 2.12. The van der Waals surface area contributed by atoms with Crippen LogP contribution in [0.1, 0.15) is 25.8 Å². The maximum absolute atomic E-state index is 3.67. The van der Waals surface area contributed by atoms with E-state index < -0.39 is 0 Å². The number of hydrogen-bond acceptors (Lipinski definition) is 1. The first-order valence-electron chi connectivity index (χ1n) is 5.55. The van der Waals surface area contributed by atoms with Gasteiger partial charge in [-0.25, -0.2) is 0 Å². The van der Waals surface area contributed by atoms with Gasteiger partial charge in [-0.1, -0.05) is 48.0 Å². The number of halogens is 1. The summed E-state index contributed by atoms with van der Waals surface area (Å²) in [6, 6.07) is 8.82. The lowest BCUT2D eigenvalue weighted by Gasteiger charge is -2.17. The van der Waals surface area contributed by atoms with Gasteiger partial charge in [-0.15, -0.1) is 11.8 Å². The van der Waals surface area contributed by atoms with Crippen LogP contribution in [-0.2, 0) is 6.42 Å². The van der Waals surface area contributed by atoms with Crippen LogP contribution in [0.25, 0.3) is 0 Å². The Kier molecular flexibility index (Phi) is 3.78. The number of alkyl halides is 1. The first-order chi connectivity index (χ1) is 7.16. The molecule has 0 bridgehead atoms. The molecular weight excluding hydrogens is 268 g/mol. The Bertz CT molecular complexity index is 310. The highest BCUT2D eigenvalue weighted by molar-refractivity contribution is 9.09. The SMILES string of the molecule is CC(Br)C(C)CC1Cc2ccccc2S1. The summed E-state index contributed by atoms with van der Waals surface area (Å²) in [5.41, 5.74) is 1.54. The monoisotopic (exact) mass is 284 g/mol. The van der Waals surface area contributed by atoms with Crippen LogP contribution in [0.5, 0.6) is 0 Å². The number of fused-ring (bicyclic) bond motifs is 1. The van der Waals surface area contributed by atoms with Crippen LogP contribution < -0.4 is 0 Å². The van der Waals surface area contributed by atoms with Crippen LogP contribution in [0, 0.1) is 5.92 Å². The summed E-state index contributed by atoms with van der Waals surface area (Å²) in [5.74, 6) is 0.761. The molecule has 3 unspecified atom stereocenters. The van der Waals surface area contributed by atoms with E-state index in [9.17, 15) is 0 Å². The van der Waals surface area contributed by atoms with Gasteiger partial charge in [-0.3, -0.25) is 0 Å². The molecule has 0 radical (unpaired) electrons. The van der Waals surface area contributed by atoms with Crippen molar-refractivity contribution in [1.29, 1.82) is 0 Å². The smallest absolute Gasteiger partial charge is 0.0143 e. The van der Waals surface area contributed by atoms with E-state index in [1.54, 1.807) is 5.56 Å². The molecule has 3 atom stereocenters. The molecule has 1 aliphatic heterocycles. The van der Waals surface area contributed by atoms with Gasteiger partial charge in [0.25, 0.3) is 0 Å². The van der Waals surface area contributed by atoms with Crippen LogP contribution in [0.3, 0.4) is 0 Å². The number of rotatable bonds is 3. The summed E-state index contributed by atoms with van der Waals surface area (Å²) in [6.07, 6.45) is 2.57. The van der Waals surface area contributed by atoms with Crippen LogP contribution >= 0.6 is 27.7 Å². The lowest BCUT2D eigenvalue weighted by atomic mass is 9.99. The van der Waals surface area contributed by atoms with Gasteiger partial charge in [0.2, 0.25) is 0 Å². The molecule has 0 saturated heterocycles. The third-order valence-corrected chi connectivity index (χ3v) is 5.38. The Hall–Kier alpha value is 0.0500. The highest BCUT2D eigenvalue weighted by Crippen LogP contribution is 2.40. The highest BCUT2D eigenvalue weighted by Gasteiger charge is 2.24. The summed E-state index contributed by atoms with van der Waals surface area (Å²) >= 11 is 5.73. The molecule has 0 saturated carbocycles. The van der Waals surface area contributed by atoms with Crippen LogP contribution in [-0.4, -0.2) is 10.1 Å². The zero-order chi connectivity index (χ0) is 10.8. The second-order valence-electron chi connectivity index (χ2n) is 4.44. The standard InChI is InChI=1S/C13H17BrS/c1-9(10(2)14)7-12-8-11-5-3-4-6-13(11)15-12/h3-6,9-10,12H,7-8H2,1-2H3. The average Bonchev–Trinajstić information content (AvgIpc) is 2.59. The van der Waals surface area contributed by atoms with E-state index in [0.717, 1.165) is 11.2 Å². The second-order valence-corrected chi connectivity index (χ2v) is 7.23. The van der Waals surface area contributed by atoms with Gasteiger partial charge in [0.05, 0.1) is 0 Å². The zero-order valence-corrected chi connectivity index (χ0v) is 11.6. The van der Waals surface area contributed by atoms with Crippen molar-refractivity contribution in [1.82, 2.24) is 0 Å². The number of benzene rings is 1. The van der Waals surface area contributed by atoms with Gasteiger partial charge in [0.15, 0.2) is 0 Å². The van der Waals surface area contributed by atoms with Gasteiger partial charge < -0.3 is 0 Å². The molecule has 0 aromatic heterocycles. The zero-order valence-electron chi connectivity index (χ0n) is 9.24. The van der Waals surface area contributed by atoms with E-state index in [-0.39, 0.29) is 0 Å². The number of thioether (sulfide) groups is 1. The van der Waals surface area contributed by atoms with Gasteiger partial charge in [0, 0.05) is 15.0 Å².